The van der Waals surface area contributed by atoms with Crippen LogP contribution in [0.15, 0.2) is 24.3 Å². The number of likely N-dealkylation sites (tertiary alicyclic amines) is 1. The number of hydrogen-bond acceptors (Lipinski definition) is 4. The number of piperidine rings is 1. The third kappa shape index (κ3) is 2.46. The van der Waals surface area contributed by atoms with Crippen molar-refractivity contribution in [1.82, 2.24) is 25.2 Å². The van der Waals surface area contributed by atoms with Gasteiger partial charge in [0.05, 0.1) is 0 Å². The molecule has 1 aromatic heterocycles. The molecule has 4 heterocycles. The molecule has 1 aliphatic carbocycles. The van der Waals surface area contributed by atoms with Crippen molar-refractivity contribution in [2.45, 2.75) is 36.9 Å². The second-order valence-corrected chi connectivity index (χ2v) is 8.94. The largest absolute Gasteiger partial charge is 0.351 e. The lowest BCUT2D eigenvalue weighted by atomic mass is 9.86. The van der Waals surface area contributed by atoms with Gasteiger partial charge in [-0.3, -0.25) is 15.1 Å². The topological polar surface area (TPSA) is 54.6 Å². The molecule has 6 rings (SSSR count). The molecule has 1 saturated carbocycles. The number of H-pyrrole nitrogens is 1. The van der Waals surface area contributed by atoms with Gasteiger partial charge in [0.2, 0.25) is 0 Å². The van der Waals surface area contributed by atoms with E-state index in [2.05, 4.69) is 27.4 Å². The Hall–Kier alpha value is -1.96. The first kappa shape index (κ1) is 15.9. The van der Waals surface area contributed by atoms with E-state index < -0.39 is 5.89 Å². The van der Waals surface area contributed by atoms with Gasteiger partial charge in [0.15, 0.2) is 0 Å². The van der Waals surface area contributed by atoms with Crippen molar-refractivity contribution < 1.29 is 10.6 Å². The number of rotatable bonds is 1. The molecule has 1 spiro atoms. The molecule has 148 valence electrons. The van der Waals surface area contributed by atoms with E-state index in [4.69, 9.17) is 0 Å². The van der Waals surface area contributed by atoms with E-state index in [0.717, 1.165) is 25.0 Å². The van der Waals surface area contributed by atoms with Gasteiger partial charge < -0.3 is 9.88 Å². The number of fused-ring (bicyclic) bond motifs is 4. The molecule has 6 nitrogen and oxygen atoms in total. The molecule has 1 amide bonds. The molecule has 4 fully saturated rings. The van der Waals surface area contributed by atoms with Crippen LogP contribution in [0.5, 0.6) is 0 Å². The molecule has 3 atom stereocenters. The van der Waals surface area contributed by atoms with Crippen molar-refractivity contribution in [2.75, 3.05) is 33.2 Å². The van der Waals surface area contributed by atoms with Crippen molar-refractivity contribution in [3.63, 3.8) is 0 Å². The maximum atomic E-state index is 13.5. The molecule has 2 aromatic rings. The lowest BCUT2D eigenvalue weighted by Crippen LogP contribution is -2.60. The number of amides is 1. The SMILES string of the molecule is [2H]C12CN(C(=O)c3cc4cc(F)ccc4[nH]3)CCC1NN1CC3(CC3)N(C)CC12. The number of carbonyl (C=O) groups excluding carboxylic acids is 1. The molecule has 3 aliphatic heterocycles. The summed E-state index contributed by atoms with van der Waals surface area (Å²) in [6.07, 6.45) is 3.24. The third-order valence-electron chi connectivity index (χ3n) is 7.28. The average Bonchev–Trinajstić information content (AvgIpc) is 3.24. The van der Waals surface area contributed by atoms with Crippen molar-refractivity contribution in [1.29, 1.82) is 0 Å². The van der Waals surface area contributed by atoms with E-state index in [1.165, 1.54) is 25.0 Å². The van der Waals surface area contributed by atoms with Crippen LogP contribution in [0.1, 0.15) is 31.1 Å². The average molecular weight is 384 g/mol. The summed E-state index contributed by atoms with van der Waals surface area (Å²) in [5.41, 5.74) is 5.12. The summed E-state index contributed by atoms with van der Waals surface area (Å²) in [4.78, 5) is 20.6. The van der Waals surface area contributed by atoms with Gasteiger partial charge in [0, 0.05) is 62.0 Å². The highest BCUT2D eigenvalue weighted by Gasteiger charge is 2.57. The summed E-state index contributed by atoms with van der Waals surface area (Å²) in [5, 5.41) is 2.99. The fourth-order valence-corrected chi connectivity index (χ4v) is 5.36. The van der Waals surface area contributed by atoms with Gasteiger partial charge in [-0.1, -0.05) is 0 Å². The van der Waals surface area contributed by atoms with Crippen LogP contribution < -0.4 is 5.43 Å². The van der Waals surface area contributed by atoms with Gasteiger partial charge in [0.1, 0.15) is 11.5 Å². The molecule has 28 heavy (non-hydrogen) atoms. The summed E-state index contributed by atoms with van der Waals surface area (Å²) >= 11 is 0. The van der Waals surface area contributed by atoms with Crippen molar-refractivity contribution in [3.8, 4) is 0 Å². The van der Waals surface area contributed by atoms with Gasteiger partial charge >= 0.3 is 0 Å². The normalized spacial score (nSPS) is 35.1. The molecule has 1 aromatic carbocycles. The van der Waals surface area contributed by atoms with Crippen molar-refractivity contribution >= 4 is 16.8 Å². The van der Waals surface area contributed by atoms with E-state index in [9.17, 15) is 10.6 Å². The van der Waals surface area contributed by atoms with Crippen LogP contribution in [0.3, 0.4) is 0 Å². The molecule has 4 aliphatic rings. The van der Waals surface area contributed by atoms with Crippen LogP contribution in [0, 0.1) is 11.7 Å². The predicted octanol–water partition coefficient (Wildman–Crippen LogP) is 1.80. The Kier molecular flexibility index (Phi) is 3.28. The highest BCUT2D eigenvalue weighted by Crippen LogP contribution is 2.46. The number of likely N-dealkylation sites (N-methyl/N-ethyl adjacent to an activating group) is 1. The summed E-state index contributed by atoms with van der Waals surface area (Å²) in [6, 6.07) is 6.36. The number of nitrogens with one attached hydrogen (secondary N) is 2. The minimum atomic E-state index is -0.725. The zero-order valence-electron chi connectivity index (χ0n) is 17.0. The fourth-order valence-electron chi connectivity index (χ4n) is 5.36. The second-order valence-electron chi connectivity index (χ2n) is 8.94. The number of carbonyl (C=O) groups is 1. The number of halogens is 1. The van der Waals surface area contributed by atoms with Crippen molar-refractivity contribution in [3.05, 3.63) is 35.8 Å². The Morgan fingerprint density at radius 1 is 1.32 bits per heavy atom. The summed E-state index contributed by atoms with van der Waals surface area (Å²) < 4.78 is 22.8. The van der Waals surface area contributed by atoms with Crippen LogP contribution >= 0.6 is 0 Å². The Balaban J connectivity index is 1.25. The van der Waals surface area contributed by atoms with Gasteiger partial charge in [0.25, 0.3) is 5.91 Å². The zero-order chi connectivity index (χ0) is 20.0. The lowest BCUT2D eigenvalue weighted by Gasteiger charge is -2.44. The van der Waals surface area contributed by atoms with Gasteiger partial charge in [-0.05, 0) is 50.6 Å². The van der Waals surface area contributed by atoms with Crippen LogP contribution in [0.2, 0.25) is 0 Å². The van der Waals surface area contributed by atoms with Gasteiger partial charge in [-0.25, -0.2) is 9.40 Å². The number of nitrogens with zero attached hydrogens (tertiary/aromatic N) is 3. The number of hydrazine groups is 1. The van der Waals surface area contributed by atoms with Crippen LogP contribution in [-0.4, -0.2) is 76.5 Å². The Labute approximate surface area is 165 Å². The molecule has 0 bridgehead atoms. The number of benzene rings is 1. The standard InChI is InChI=1S/C21H26FN5O/c1-25-11-19-15-10-26(7-4-17(15)24-27(19)12-21(25)5-6-21)20(28)18-9-13-8-14(22)2-3-16(13)23-18/h2-3,8-9,15,17,19,23-24H,4-7,10-12H2,1H3/i15D. The van der Waals surface area contributed by atoms with E-state index in [1.807, 2.05) is 0 Å². The number of hydrogen-bond donors (Lipinski definition) is 2. The highest BCUT2D eigenvalue weighted by atomic mass is 19.1. The Morgan fingerprint density at radius 3 is 3.00 bits per heavy atom. The van der Waals surface area contributed by atoms with E-state index in [0.29, 0.717) is 29.7 Å². The second kappa shape index (κ2) is 5.78. The molecule has 2 N–H and O–H groups in total. The smallest absolute Gasteiger partial charge is 0.270 e. The monoisotopic (exact) mass is 384 g/mol. The Morgan fingerprint density at radius 2 is 2.18 bits per heavy atom. The Bertz CT molecular complexity index is 1010. The predicted molar refractivity (Wildman–Crippen MR) is 104 cm³/mol. The summed E-state index contributed by atoms with van der Waals surface area (Å²) in [7, 11) is 2.18. The minimum Gasteiger partial charge on any atom is -0.351 e. The summed E-state index contributed by atoms with van der Waals surface area (Å²) in [5.74, 6) is -1.14. The minimum absolute atomic E-state index is 0.0793. The molecular formula is C21H26FN5O. The fraction of sp³-hybridized carbons (Fsp3) is 0.571. The molecule has 0 radical (unpaired) electrons. The molecule has 3 saturated heterocycles. The molecule has 3 unspecified atom stereocenters. The van der Waals surface area contributed by atoms with E-state index >= 15 is 0 Å². The van der Waals surface area contributed by atoms with Crippen LogP contribution in [0.4, 0.5) is 4.39 Å². The first-order valence-corrected chi connectivity index (χ1v) is 10.2. The number of aromatic amines is 1. The molecule has 7 heteroatoms. The van der Waals surface area contributed by atoms with Gasteiger partial charge in [-0.15, -0.1) is 0 Å². The van der Waals surface area contributed by atoms with Crippen LogP contribution in [0.25, 0.3) is 10.9 Å². The lowest BCUT2D eigenvalue weighted by molar-refractivity contribution is 0.0164. The quantitative estimate of drug-likeness (QED) is 0.787. The number of piperazine rings is 1. The third-order valence-corrected chi connectivity index (χ3v) is 7.28. The highest BCUT2D eigenvalue weighted by molar-refractivity contribution is 5.98. The maximum Gasteiger partial charge on any atom is 0.270 e. The van der Waals surface area contributed by atoms with E-state index in [1.54, 1.807) is 17.0 Å². The van der Waals surface area contributed by atoms with Crippen molar-refractivity contribution in [2.24, 2.45) is 5.89 Å². The van der Waals surface area contributed by atoms with E-state index in [-0.39, 0.29) is 23.8 Å². The zero-order valence-corrected chi connectivity index (χ0v) is 16.0. The first-order chi connectivity index (χ1) is 13.9. The summed E-state index contributed by atoms with van der Waals surface area (Å²) in [6.45, 7) is 2.87. The first-order valence-electron chi connectivity index (χ1n) is 10.7. The van der Waals surface area contributed by atoms with Crippen LogP contribution in [-0.2, 0) is 0 Å². The van der Waals surface area contributed by atoms with Gasteiger partial charge in [-0.2, -0.15) is 0 Å². The maximum absolute atomic E-state index is 13.5. The number of aromatic nitrogens is 1. The molecular weight excluding hydrogens is 357 g/mol.